The van der Waals surface area contributed by atoms with E-state index in [-0.39, 0.29) is 42.9 Å². The Hall–Kier alpha value is -4.72. The van der Waals surface area contributed by atoms with Crippen LogP contribution in [0.2, 0.25) is 0 Å². The Balaban J connectivity index is 1.68. The Morgan fingerprint density at radius 1 is 1.11 bits per heavy atom. The van der Waals surface area contributed by atoms with Gasteiger partial charge in [0.05, 0.1) is 71.9 Å². The zero-order valence-electron chi connectivity index (χ0n) is 24.9. The number of ether oxygens (including phenoxy) is 2. The third kappa shape index (κ3) is 6.41. The van der Waals surface area contributed by atoms with Gasteiger partial charge in [0.15, 0.2) is 0 Å². The Morgan fingerprint density at radius 3 is 2.40 bits per heavy atom. The van der Waals surface area contributed by atoms with Crippen molar-refractivity contribution in [1.82, 2.24) is 9.97 Å². The van der Waals surface area contributed by atoms with Crippen LogP contribution in [0.3, 0.4) is 0 Å². The molecule has 13 heteroatoms. The minimum absolute atomic E-state index is 0.0372. The number of benzene rings is 2. The molecular formula is C32H32F3N7O3. The number of nitrogens with two attached hydrogens (primary N) is 1. The molecule has 1 aromatic heterocycles. The monoisotopic (exact) mass is 619 g/mol. The summed E-state index contributed by atoms with van der Waals surface area (Å²) in [6.45, 7) is 5.64. The van der Waals surface area contributed by atoms with Crippen LogP contribution in [0.5, 0.6) is 0 Å². The normalized spacial score (nSPS) is 19.8. The molecule has 2 N–H and O–H groups in total. The van der Waals surface area contributed by atoms with Crippen molar-refractivity contribution >= 4 is 17.5 Å². The topological polar surface area (TPSA) is 141 Å². The lowest BCUT2D eigenvalue weighted by Gasteiger charge is -2.46. The molecule has 45 heavy (non-hydrogen) atoms. The molecule has 0 unspecified atom stereocenters. The number of carbonyl (C=O) groups excluding carboxylic acids is 1. The van der Waals surface area contributed by atoms with Crippen LogP contribution in [-0.4, -0.2) is 54.6 Å². The molecule has 2 aliphatic rings. The van der Waals surface area contributed by atoms with E-state index in [1.165, 1.54) is 17.0 Å². The number of carbonyl (C=O) groups is 1. The summed E-state index contributed by atoms with van der Waals surface area (Å²) in [5, 5.41) is 19.0. The number of hydrogen-bond acceptors (Lipinski definition) is 9. The second-order valence-corrected chi connectivity index (χ2v) is 11.0. The predicted molar refractivity (Wildman–Crippen MR) is 158 cm³/mol. The van der Waals surface area contributed by atoms with Gasteiger partial charge in [-0.3, -0.25) is 4.90 Å². The third-order valence-corrected chi connectivity index (χ3v) is 8.19. The van der Waals surface area contributed by atoms with E-state index >= 15 is 0 Å². The Kier molecular flexibility index (Phi) is 8.96. The zero-order valence-corrected chi connectivity index (χ0v) is 24.9. The van der Waals surface area contributed by atoms with Crippen LogP contribution in [0, 0.1) is 22.7 Å². The number of nitrogens with zero attached hydrogens (tertiary/aromatic N) is 6. The number of halogens is 3. The van der Waals surface area contributed by atoms with Gasteiger partial charge in [-0.05, 0) is 67.3 Å². The number of amides is 1. The first-order valence-corrected chi connectivity index (χ1v) is 14.6. The summed E-state index contributed by atoms with van der Waals surface area (Å²) in [6.07, 6.45) is -3.19. The molecule has 2 atom stereocenters. The van der Waals surface area contributed by atoms with Crippen LogP contribution < -0.4 is 15.5 Å². The first-order valence-electron chi connectivity index (χ1n) is 14.6. The first-order chi connectivity index (χ1) is 21.5. The SMILES string of the molecule is CCOC(=O)N1c2ccc(C(F)(F)F)cc2[C@@H](c2ncc(N3CCOCC3)c(Cc3cc(C#N)cc(C#N)c3)n2)C[C@@]1(N)CC. The average molecular weight is 620 g/mol. The van der Waals surface area contributed by atoms with Crippen LogP contribution >= 0.6 is 0 Å². The number of hydrogen-bond donors (Lipinski definition) is 1. The van der Waals surface area contributed by atoms with Gasteiger partial charge in [-0.1, -0.05) is 6.92 Å². The van der Waals surface area contributed by atoms with Crippen molar-refractivity contribution < 1.29 is 27.4 Å². The fraction of sp³-hybridized carbons (Fsp3) is 0.406. The van der Waals surface area contributed by atoms with Crippen molar-refractivity contribution in [2.75, 3.05) is 42.7 Å². The minimum atomic E-state index is -4.63. The number of morpholine rings is 1. The lowest BCUT2D eigenvalue weighted by atomic mass is 9.80. The van der Waals surface area contributed by atoms with Gasteiger partial charge in [-0.15, -0.1) is 0 Å². The summed E-state index contributed by atoms with van der Waals surface area (Å²) in [5.74, 6) is -0.554. The number of anilines is 2. The average Bonchev–Trinajstić information content (AvgIpc) is 3.04. The Morgan fingerprint density at radius 2 is 1.80 bits per heavy atom. The highest BCUT2D eigenvalue weighted by Gasteiger charge is 2.47. The lowest BCUT2D eigenvalue weighted by molar-refractivity contribution is -0.137. The summed E-state index contributed by atoms with van der Waals surface area (Å²) in [4.78, 5) is 26.1. The molecule has 2 aliphatic heterocycles. The molecule has 0 spiro atoms. The van der Waals surface area contributed by atoms with Crippen molar-refractivity contribution in [1.29, 1.82) is 10.5 Å². The molecule has 1 fully saturated rings. The highest BCUT2D eigenvalue weighted by atomic mass is 19.4. The molecule has 0 radical (unpaired) electrons. The number of fused-ring (bicyclic) bond motifs is 1. The maximum Gasteiger partial charge on any atom is 0.416 e. The first kappa shape index (κ1) is 31.7. The molecule has 0 saturated carbocycles. The quantitative estimate of drug-likeness (QED) is 0.393. The van der Waals surface area contributed by atoms with E-state index in [2.05, 4.69) is 22.0 Å². The molecule has 10 nitrogen and oxygen atoms in total. The second-order valence-electron chi connectivity index (χ2n) is 11.0. The number of nitriles is 2. The highest BCUT2D eigenvalue weighted by molar-refractivity contribution is 5.91. The molecule has 1 saturated heterocycles. The molecule has 1 amide bonds. The van der Waals surface area contributed by atoms with Gasteiger partial charge >= 0.3 is 12.3 Å². The Labute approximate surface area is 258 Å². The largest absolute Gasteiger partial charge is 0.449 e. The van der Waals surface area contributed by atoms with E-state index in [9.17, 15) is 28.5 Å². The molecule has 3 aromatic rings. The van der Waals surface area contributed by atoms with Crippen LogP contribution in [0.4, 0.5) is 29.3 Å². The van der Waals surface area contributed by atoms with Gasteiger partial charge in [-0.25, -0.2) is 14.8 Å². The Bertz CT molecular complexity index is 1650. The van der Waals surface area contributed by atoms with Gasteiger partial charge < -0.3 is 20.1 Å². The van der Waals surface area contributed by atoms with Crippen molar-refractivity contribution in [2.24, 2.45) is 5.73 Å². The van der Waals surface area contributed by atoms with Crippen molar-refractivity contribution in [3.63, 3.8) is 0 Å². The van der Waals surface area contributed by atoms with E-state index in [0.29, 0.717) is 54.4 Å². The number of aromatic nitrogens is 2. The highest BCUT2D eigenvalue weighted by Crippen LogP contribution is 2.47. The zero-order chi connectivity index (χ0) is 32.4. The number of rotatable bonds is 6. The molecule has 2 aromatic carbocycles. The van der Waals surface area contributed by atoms with Gasteiger partial charge in [0.25, 0.3) is 0 Å². The van der Waals surface area contributed by atoms with E-state index in [4.69, 9.17) is 20.2 Å². The smallest absolute Gasteiger partial charge is 0.416 e. The van der Waals surface area contributed by atoms with E-state index < -0.39 is 29.4 Å². The van der Waals surface area contributed by atoms with Crippen LogP contribution in [0.1, 0.15) is 71.9 Å². The van der Waals surface area contributed by atoms with Crippen LogP contribution in [0.15, 0.2) is 42.6 Å². The lowest BCUT2D eigenvalue weighted by Crippen LogP contribution is -2.61. The molecule has 5 rings (SSSR count). The molecular weight excluding hydrogens is 587 g/mol. The van der Waals surface area contributed by atoms with E-state index in [1.54, 1.807) is 32.2 Å². The summed E-state index contributed by atoms with van der Waals surface area (Å²) >= 11 is 0. The maximum absolute atomic E-state index is 13.9. The molecule has 0 aliphatic carbocycles. The van der Waals surface area contributed by atoms with Gasteiger partial charge in [0.2, 0.25) is 0 Å². The fourth-order valence-corrected chi connectivity index (χ4v) is 5.92. The maximum atomic E-state index is 13.9. The van der Waals surface area contributed by atoms with Crippen molar-refractivity contribution in [3.8, 4) is 12.1 Å². The van der Waals surface area contributed by atoms with Gasteiger partial charge in [0, 0.05) is 25.4 Å². The third-order valence-electron chi connectivity index (χ3n) is 8.19. The second kappa shape index (κ2) is 12.7. The minimum Gasteiger partial charge on any atom is -0.449 e. The van der Waals surface area contributed by atoms with Crippen molar-refractivity contribution in [2.45, 2.75) is 50.9 Å². The molecule has 0 bridgehead atoms. The van der Waals surface area contributed by atoms with Gasteiger partial charge in [0.1, 0.15) is 11.5 Å². The predicted octanol–water partition coefficient (Wildman–Crippen LogP) is 5.23. The summed E-state index contributed by atoms with van der Waals surface area (Å²) in [5.41, 5.74) is 7.65. The van der Waals surface area contributed by atoms with E-state index in [0.717, 1.165) is 12.1 Å². The van der Waals surface area contributed by atoms with E-state index in [1.807, 2.05) is 0 Å². The fourth-order valence-electron chi connectivity index (χ4n) is 5.92. The molecule has 3 heterocycles. The van der Waals surface area contributed by atoms with Crippen LogP contribution in [-0.2, 0) is 22.1 Å². The molecule has 234 valence electrons. The van der Waals surface area contributed by atoms with Crippen LogP contribution in [0.25, 0.3) is 0 Å². The standard InChI is InChI=1S/C32H32F3N7O3/c1-3-31(38)16-25(24-15-23(32(33,34)35)5-6-27(24)42(31)30(43)45-4-2)29-39-19-28(41-7-9-44-10-8-41)26(40-29)14-20-11-21(17-36)13-22(12-20)18-37/h5-6,11-13,15,19,25H,3-4,7-10,14,16,38H2,1-2H3/t25-,31+/m0/s1. The summed E-state index contributed by atoms with van der Waals surface area (Å²) in [7, 11) is 0. The summed E-state index contributed by atoms with van der Waals surface area (Å²) < 4.78 is 52.6. The van der Waals surface area contributed by atoms with Gasteiger partial charge in [-0.2, -0.15) is 23.7 Å². The van der Waals surface area contributed by atoms with Crippen molar-refractivity contribution in [3.05, 3.63) is 81.9 Å². The summed E-state index contributed by atoms with van der Waals surface area (Å²) in [6, 6.07) is 12.2. The number of alkyl halides is 3.